The van der Waals surface area contributed by atoms with Crippen molar-refractivity contribution in [2.45, 2.75) is 18.7 Å². The van der Waals surface area contributed by atoms with Crippen molar-refractivity contribution < 1.29 is 13.2 Å². The molecule has 0 aliphatic rings. The summed E-state index contributed by atoms with van der Waals surface area (Å²) in [5.41, 5.74) is 1.38. The van der Waals surface area contributed by atoms with Gasteiger partial charge in [-0.3, -0.25) is 4.79 Å². The van der Waals surface area contributed by atoms with Gasteiger partial charge in [-0.05, 0) is 24.6 Å². The standard InChI is InChI=1S/C14H13N3O3S2/c1-9-13(21-14(16-9)17-10(2)18)11-4-3-5-12(8-11)22(19,20)7-6-15/h3-5,8H,7H2,1-2H3,(H,16,17,18). The van der Waals surface area contributed by atoms with Gasteiger partial charge in [0.1, 0.15) is 5.75 Å². The Kier molecular flexibility index (Phi) is 4.59. The lowest BCUT2D eigenvalue weighted by Gasteiger charge is -2.03. The van der Waals surface area contributed by atoms with Crippen LogP contribution in [-0.2, 0) is 14.6 Å². The lowest BCUT2D eigenvalue weighted by atomic mass is 10.2. The molecule has 1 N–H and O–H groups in total. The van der Waals surface area contributed by atoms with Crippen LogP contribution in [0.15, 0.2) is 29.2 Å². The fourth-order valence-electron chi connectivity index (χ4n) is 1.87. The number of hydrogen-bond donors (Lipinski definition) is 1. The molecule has 0 fully saturated rings. The Morgan fingerprint density at radius 1 is 1.45 bits per heavy atom. The van der Waals surface area contributed by atoms with Crippen molar-refractivity contribution >= 4 is 32.2 Å². The van der Waals surface area contributed by atoms with Crippen LogP contribution in [0.1, 0.15) is 12.6 Å². The minimum atomic E-state index is -3.61. The molecule has 0 atom stereocenters. The second-order valence-electron chi connectivity index (χ2n) is 4.56. The minimum Gasteiger partial charge on any atom is -0.302 e. The lowest BCUT2D eigenvalue weighted by molar-refractivity contribution is -0.114. The third-order valence-corrected chi connectivity index (χ3v) is 5.39. The van der Waals surface area contributed by atoms with Gasteiger partial charge >= 0.3 is 0 Å². The molecular weight excluding hydrogens is 322 g/mol. The maximum atomic E-state index is 12.0. The van der Waals surface area contributed by atoms with Crippen molar-refractivity contribution in [2.24, 2.45) is 0 Å². The van der Waals surface area contributed by atoms with E-state index < -0.39 is 15.6 Å². The van der Waals surface area contributed by atoms with E-state index in [9.17, 15) is 13.2 Å². The van der Waals surface area contributed by atoms with Crippen LogP contribution in [0.5, 0.6) is 0 Å². The monoisotopic (exact) mass is 335 g/mol. The number of sulfone groups is 1. The van der Waals surface area contributed by atoms with Crippen molar-refractivity contribution in [3.63, 3.8) is 0 Å². The Hall–Kier alpha value is -2.24. The second kappa shape index (κ2) is 6.25. The first-order valence-corrected chi connectivity index (χ1v) is 8.75. The highest BCUT2D eigenvalue weighted by atomic mass is 32.2. The summed E-state index contributed by atoms with van der Waals surface area (Å²) in [4.78, 5) is 16.2. The van der Waals surface area contributed by atoms with E-state index in [2.05, 4.69) is 10.3 Å². The molecule has 6 nitrogen and oxygen atoms in total. The molecule has 22 heavy (non-hydrogen) atoms. The molecule has 1 aromatic heterocycles. The Morgan fingerprint density at radius 3 is 2.82 bits per heavy atom. The normalized spacial score (nSPS) is 11.0. The van der Waals surface area contributed by atoms with Gasteiger partial charge in [0.15, 0.2) is 15.0 Å². The van der Waals surface area contributed by atoms with Gasteiger partial charge in [0.05, 0.1) is 21.5 Å². The Morgan fingerprint density at radius 2 is 2.18 bits per heavy atom. The molecule has 0 saturated heterocycles. The lowest BCUT2D eigenvalue weighted by Crippen LogP contribution is -2.04. The number of nitrogens with zero attached hydrogens (tertiary/aromatic N) is 2. The molecule has 1 amide bonds. The molecule has 114 valence electrons. The molecule has 0 saturated carbocycles. The van der Waals surface area contributed by atoms with Crippen LogP contribution < -0.4 is 5.32 Å². The Bertz CT molecular complexity index is 864. The van der Waals surface area contributed by atoms with E-state index in [0.717, 1.165) is 4.88 Å². The molecule has 0 aliphatic carbocycles. The van der Waals surface area contributed by atoms with Gasteiger partial charge in [-0.1, -0.05) is 23.5 Å². The predicted molar refractivity (Wildman–Crippen MR) is 84.3 cm³/mol. The number of nitriles is 1. The summed E-state index contributed by atoms with van der Waals surface area (Å²) in [6.07, 6.45) is 0. The van der Waals surface area contributed by atoms with E-state index in [1.807, 2.05) is 0 Å². The highest BCUT2D eigenvalue weighted by Crippen LogP contribution is 2.33. The molecule has 8 heteroatoms. The number of rotatable bonds is 4. The molecule has 2 aromatic rings. The number of anilines is 1. The van der Waals surface area contributed by atoms with E-state index in [4.69, 9.17) is 5.26 Å². The average molecular weight is 335 g/mol. The third-order valence-electron chi connectivity index (χ3n) is 2.79. The van der Waals surface area contributed by atoms with E-state index in [0.29, 0.717) is 16.4 Å². The number of carbonyl (C=O) groups is 1. The van der Waals surface area contributed by atoms with Gasteiger partial charge in [-0.25, -0.2) is 13.4 Å². The summed E-state index contributed by atoms with van der Waals surface area (Å²) in [7, 11) is -3.61. The zero-order valence-corrected chi connectivity index (χ0v) is 13.6. The van der Waals surface area contributed by atoms with Gasteiger partial charge in [0.25, 0.3) is 0 Å². The molecular formula is C14H13N3O3S2. The van der Waals surface area contributed by atoms with Crippen LogP contribution in [0.4, 0.5) is 5.13 Å². The van der Waals surface area contributed by atoms with Crippen molar-refractivity contribution in [2.75, 3.05) is 11.1 Å². The smallest absolute Gasteiger partial charge is 0.223 e. The van der Waals surface area contributed by atoms with E-state index in [1.165, 1.54) is 30.4 Å². The van der Waals surface area contributed by atoms with Crippen LogP contribution in [0.25, 0.3) is 10.4 Å². The van der Waals surface area contributed by atoms with Crippen molar-refractivity contribution in [1.29, 1.82) is 5.26 Å². The SMILES string of the molecule is CC(=O)Nc1nc(C)c(-c2cccc(S(=O)(=O)CC#N)c2)s1. The number of benzene rings is 1. The molecule has 1 aromatic carbocycles. The topological polar surface area (TPSA) is 99.9 Å². The quantitative estimate of drug-likeness (QED) is 0.924. The number of thiazole rings is 1. The Balaban J connectivity index is 2.45. The van der Waals surface area contributed by atoms with Crippen LogP contribution in [0.2, 0.25) is 0 Å². The van der Waals surface area contributed by atoms with E-state index in [-0.39, 0.29) is 10.8 Å². The first kappa shape index (κ1) is 16.1. The van der Waals surface area contributed by atoms with Gasteiger partial charge in [0.2, 0.25) is 5.91 Å². The minimum absolute atomic E-state index is 0.0976. The number of aromatic nitrogens is 1. The number of carbonyl (C=O) groups excluding carboxylic acids is 1. The molecule has 1 heterocycles. The highest BCUT2D eigenvalue weighted by molar-refractivity contribution is 7.91. The Labute approximate surface area is 132 Å². The van der Waals surface area contributed by atoms with Crippen LogP contribution in [0.3, 0.4) is 0 Å². The van der Waals surface area contributed by atoms with Crippen LogP contribution in [0, 0.1) is 18.3 Å². The van der Waals surface area contributed by atoms with E-state index >= 15 is 0 Å². The summed E-state index contributed by atoms with van der Waals surface area (Å²) in [6.45, 7) is 3.18. The summed E-state index contributed by atoms with van der Waals surface area (Å²) < 4.78 is 23.9. The average Bonchev–Trinajstić information content (AvgIpc) is 2.79. The largest absolute Gasteiger partial charge is 0.302 e. The molecule has 0 unspecified atom stereocenters. The summed E-state index contributed by atoms with van der Waals surface area (Å²) in [6, 6.07) is 8.02. The maximum absolute atomic E-state index is 12.0. The molecule has 0 bridgehead atoms. The number of nitrogens with one attached hydrogen (secondary N) is 1. The zero-order chi connectivity index (χ0) is 16.3. The molecule has 0 spiro atoms. The van der Waals surface area contributed by atoms with Gasteiger partial charge < -0.3 is 5.32 Å². The number of aryl methyl sites for hydroxylation is 1. The van der Waals surface area contributed by atoms with Gasteiger partial charge in [-0.15, -0.1) is 0 Å². The fraction of sp³-hybridized carbons (Fsp3) is 0.214. The van der Waals surface area contributed by atoms with E-state index in [1.54, 1.807) is 25.1 Å². The number of hydrogen-bond acceptors (Lipinski definition) is 6. The van der Waals surface area contributed by atoms with Gasteiger partial charge in [-0.2, -0.15) is 5.26 Å². The first-order valence-electron chi connectivity index (χ1n) is 6.28. The molecule has 0 aliphatic heterocycles. The summed E-state index contributed by atoms with van der Waals surface area (Å²) in [5, 5.41) is 11.7. The van der Waals surface area contributed by atoms with Crippen molar-refractivity contribution in [1.82, 2.24) is 4.98 Å². The highest BCUT2D eigenvalue weighted by Gasteiger charge is 2.16. The van der Waals surface area contributed by atoms with Crippen molar-refractivity contribution in [3.8, 4) is 16.5 Å². The summed E-state index contributed by atoms with van der Waals surface area (Å²) in [5.74, 6) is -0.777. The molecule has 0 radical (unpaired) electrons. The first-order chi connectivity index (χ1) is 10.3. The number of amides is 1. The van der Waals surface area contributed by atoms with Crippen LogP contribution in [-0.4, -0.2) is 25.1 Å². The maximum Gasteiger partial charge on any atom is 0.223 e. The molecule has 2 rings (SSSR count). The fourth-order valence-corrected chi connectivity index (χ4v) is 3.81. The third kappa shape index (κ3) is 3.50. The second-order valence-corrected chi connectivity index (χ2v) is 7.55. The van der Waals surface area contributed by atoms with Gasteiger partial charge in [0, 0.05) is 6.92 Å². The predicted octanol–water partition coefficient (Wildman–Crippen LogP) is 2.37. The van der Waals surface area contributed by atoms with Crippen LogP contribution >= 0.6 is 11.3 Å². The van der Waals surface area contributed by atoms with Crippen molar-refractivity contribution in [3.05, 3.63) is 30.0 Å². The zero-order valence-electron chi connectivity index (χ0n) is 12.0. The summed E-state index contributed by atoms with van der Waals surface area (Å²) >= 11 is 1.27.